The number of nitrogens with one attached hydrogen (secondary N) is 2. The van der Waals surface area contributed by atoms with Crippen molar-refractivity contribution in [3.05, 3.63) is 60.4 Å². The molecule has 0 aliphatic carbocycles. The Morgan fingerprint density at radius 2 is 1.95 bits per heavy atom. The first-order chi connectivity index (χ1) is 20.2. The highest BCUT2D eigenvalue weighted by Gasteiger charge is 2.27. The molecule has 224 valence electrons. The summed E-state index contributed by atoms with van der Waals surface area (Å²) in [6.07, 6.45) is 3.45. The number of aromatic nitrogens is 2. The number of benzene rings is 2. The molecule has 2 aromatic carbocycles. The number of nitrogens with zero attached hydrogens (tertiary/aromatic N) is 3. The van der Waals surface area contributed by atoms with Crippen molar-refractivity contribution in [3.8, 4) is 28.6 Å². The van der Waals surface area contributed by atoms with Crippen LogP contribution < -0.4 is 24.8 Å². The number of amides is 3. The third kappa shape index (κ3) is 7.53. The van der Waals surface area contributed by atoms with Crippen molar-refractivity contribution in [1.82, 2.24) is 25.1 Å². The Labute approximate surface area is 241 Å². The third-order valence-electron chi connectivity index (χ3n) is 6.60. The summed E-state index contributed by atoms with van der Waals surface area (Å²) in [5.41, 5.74) is 0.781. The van der Waals surface area contributed by atoms with Crippen LogP contribution in [0.3, 0.4) is 0 Å². The predicted octanol–water partition coefficient (Wildman–Crippen LogP) is 2.95. The highest BCUT2D eigenvalue weighted by atomic mass is 19.3. The number of hydrogen-bond acceptors (Lipinski definition) is 7. The van der Waals surface area contributed by atoms with Crippen LogP contribution >= 0.6 is 0 Å². The lowest BCUT2D eigenvalue weighted by molar-refractivity contribution is -0.130. The number of alkyl halides is 2. The molecule has 2 heterocycles. The largest absolute Gasteiger partial charge is 0.493 e. The van der Waals surface area contributed by atoms with Crippen LogP contribution in [0.2, 0.25) is 0 Å². The van der Waals surface area contributed by atoms with E-state index < -0.39 is 31.0 Å². The van der Waals surface area contributed by atoms with Crippen LogP contribution in [0.15, 0.2) is 54.9 Å². The molecule has 1 aliphatic heterocycles. The number of halogens is 2. The summed E-state index contributed by atoms with van der Waals surface area (Å²) >= 11 is 0. The summed E-state index contributed by atoms with van der Waals surface area (Å²) < 4.78 is 43.3. The van der Waals surface area contributed by atoms with E-state index in [1.165, 1.54) is 36.3 Å². The molecule has 1 atom stereocenters. The van der Waals surface area contributed by atoms with Crippen molar-refractivity contribution in [3.63, 3.8) is 0 Å². The van der Waals surface area contributed by atoms with E-state index >= 15 is 0 Å². The molecule has 13 heteroatoms. The molecule has 4 rings (SSSR count). The van der Waals surface area contributed by atoms with Gasteiger partial charge in [0.05, 0.1) is 20.2 Å². The number of fused-ring (bicyclic) bond motifs is 4. The standard InChI is InChI=1S/C29H33F2N5O6/c1-18(2)25-27(38)33-10-12-35-11-9-32-26(35)19-7-8-22(40-3)23(16-19)41-14-13-36(17-24(37)34-25)28(39)20-5-4-6-21(15-20)42-29(30)31/h4-9,11,15-16,18,25,29H,10,12-14,17H2,1-3H3,(H,33,38)(H,34,37)/t25-/m1/s1. The molecule has 2 bridgehead atoms. The van der Waals surface area contributed by atoms with Crippen molar-refractivity contribution >= 4 is 17.7 Å². The van der Waals surface area contributed by atoms with Gasteiger partial charge in [-0.15, -0.1) is 0 Å². The number of ether oxygens (including phenoxy) is 3. The van der Waals surface area contributed by atoms with Gasteiger partial charge < -0.3 is 34.3 Å². The Morgan fingerprint density at radius 1 is 1.14 bits per heavy atom. The molecular weight excluding hydrogens is 552 g/mol. The normalized spacial score (nSPS) is 16.6. The summed E-state index contributed by atoms with van der Waals surface area (Å²) in [5, 5.41) is 5.59. The maximum Gasteiger partial charge on any atom is 0.387 e. The molecule has 0 saturated carbocycles. The first kappa shape index (κ1) is 30.3. The van der Waals surface area contributed by atoms with Crippen molar-refractivity contribution in [2.75, 3.05) is 33.4 Å². The van der Waals surface area contributed by atoms with Crippen LogP contribution in [0.4, 0.5) is 8.78 Å². The van der Waals surface area contributed by atoms with Crippen molar-refractivity contribution < 1.29 is 37.4 Å². The number of imidazole rings is 1. The molecule has 42 heavy (non-hydrogen) atoms. The highest BCUT2D eigenvalue weighted by molar-refractivity contribution is 5.97. The number of hydrogen-bond donors (Lipinski definition) is 2. The Morgan fingerprint density at radius 3 is 2.69 bits per heavy atom. The van der Waals surface area contributed by atoms with Gasteiger partial charge in [0, 0.05) is 36.6 Å². The molecule has 3 amide bonds. The number of carbonyl (C=O) groups is 3. The number of rotatable bonds is 5. The van der Waals surface area contributed by atoms with Gasteiger partial charge in [-0.3, -0.25) is 14.4 Å². The maximum absolute atomic E-state index is 13.5. The molecule has 0 radical (unpaired) electrons. The quantitative estimate of drug-likeness (QED) is 0.472. The fourth-order valence-corrected chi connectivity index (χ4v) is 4.52. The van der Waals surface area contributed by atoms with Crippen LogP contribution in [-0.4, -0.2) is 78.2 Å². The van der Waals surface area contributed by atoms with Gasteiger partial charge in [-0.05, 0) is 42.3 Å². The maximum atomic E-state index is 13.5. The van der Waals surface area contributed by atoms with Gasteiger partial charge in [0.2, 0.25) is 11.8 Å². The molecule has 11 nitrogen and oxygen atoms in total. The van der Waals surface area contributed by atoms with Gasteiger partial charge in [-0.25, -0.2) is 4.98 Å². The fourth-order valence-electron chi connectivity index (χ4n) is 4.52. The smallest absolute Gasteiger partial charge is 0.387 e. The molecule has 2 N–H and O–H groups in total. The van der Waals surface area contributed by atoms with Gasteiger partial charge >= 0.3 is 6.61 Å². The molecule has 1 aromatic heterocycles. The van der Waals surface area contributed by atoms with Crippen LogP contribution in [0, 0.1) is 5.92 Å². The van der Waals surface area contributed by atoms with Gasteiger partial charge in [-0.2, -0.15) is 8.78 Å². The summed E-state index contributed by atoms with van der Waals surface area (Å²) in [4.78, 5) is 45.3. The Balaban J connectivity index is 1.66. The van der Waals surface area contributed by atoms with Crippen molar-refractivity contribution in [1.29, 1.82) is 0 Å². The first-order valence-corrected chi connectivity index (χ1v) is 13.4. The van der Waals surface area contributed by atoms with E-state index in [1.807, 2.05) is 10.6 Å². The minimum Gasteiger partial charge on any atom is -0.493 e. The zero-order valence-corrected chi connectivity index (χ0v) is 23.5. The van der Waals surface area contributed by atoms with Crippen LogP contribution in [-0.2, 0) is 16.1 Å². The zero-order chi connectivity index (χ0) is 30.2. The van der Waals surface area contributed by atoms with Crippen molar-refractivity contribution in [2.45, 2.75) is 33.0 Å². The Bertz CT molecular complexity index is 1410. The summed E-state index contributed by atoms with van der Waals surface area (Å²) in [6.45, 7) is 0.747. The summed E-state index contributed by atoms with van der Waals surface area (Å²) in [5.74, 6) is -0.493. The van der Waals surface area contributed by atoms with Gasteiger partial charge in [0.25, 0.3) is 5.91 Å². The van der Waals surface area contributed by atoms with E-state index in [2.05, 4.69) is 20.4 Å². The molecule has 0 unspecified atom stereocenters. The van der Waals surface area contributed by atoms with E-state index in [9.17, 15) is 23.2 Å². The van der Waals surface area contributed by atoms with E-state index in [1.54, 1.807) is 38.4 Å². The van der Waals surface area contributed by atoms with Crippen LogP contribution in [0.5, 0.6) is 17.2 Å². The Kier molecular flexibility index (Phi) is 9.94. The molecule has 0 fully saturated rings. The topological polar surface area (TPSA) is 124 Å². The lowest BCUT2D eigenvalue weighted by Gasteiger charge is -2.26. The van der Waals surface area contributed by atoms with Crippen molar-refractivity contribution in [2.24, 2.45) is 5.92 Å². The van der Waals surface area contributed by atoms with E-state index in [-0.39, 0.29) is 42.8 Å². The monoisotopic (exact) mass is 585 g/mol. The van der Waals surface area contributed by atoms with Crippen LogP contribution in [0.25, 0.3) is 11.4 Å². The molecule has 0 saturated heterocycles. The second-order valence-electron chi connectivity index (χ2n) is 9.87. The number of carbonyl (C=O) groups excluding carboxylic acids is 3. The minimum atomic E-state index is -3.07. The second kappa shape index (κ2) is 13.8. The molecule has 0 spiro atoms. The van der Waals surface area contributed by atoms with Gasteiger partial charge in [0.15, 0.2) is 11.5 Å². The fraction of sp³-hybridized carbons (Fsp3) is 0.379. The predicted molar refractivity (Wildman–Crippen MR) is 148 cm³/mol. The molecule has 3 aromatic rings. The zero-order valence-electron chi connectivity index (χ0n) is 23.5. The first-order valence-electron chi connectivity index (χ1n) is 13.4. The SMILES string of the molecule is COc1ccc2cc1OCCN(C(=O)c1cccc(OC(F)F)c1)CC(=O)N[C@H](C(C)C)C(=O)NCCn1ccnc1-2. The average molecular weight is 586 g/mol. The summed E-state index contributed by atoms with van der Waals surface area (Å²) in [7, 11) is 1.50. The number of methoxy groups -OCH3 is 1. The van der Waals surface area contributed by atoms with Crippen LogP contribution in [0.1, 0.15) is 24.2 Å². The summed E-state index contributed by atoms with van der Waals surface area (Å²) in [6, 6.07) is 9.78. The molecule has 1 aliphatic rings. The van der Waals surface area contributed by atoms with Gasteiger partial charge in [0.1, 0.15) is 24.2 Å². The second-order valence-corrected chi connectivity index (χ2v) is 9.87. The third-order valence-corrected chi connectivity index (χ3v) is 6.60. The highest BCUT2D eigenvalue weighted by Crippen LogP contribution is 2.32. The average Bonchev–Trinajstić information content (AvgIpc) is 3.42. The lowest BCUT2D eigenvalue weighted by Crippen LogP contribution is -2.53. The van der Waals surface area contributed by atoms with Gasteiger partial charge in [-0.1, -0.05) is 19.9 Å². The molecular formula is C29H33F2N5O6. The van der Waals surface area contributed by atoms with E-state index in [4.69, 9.17) is 9.47 Å². The van der Waals surface area contributed by atoms with E-state index in [0.717, 1.165) is 5.56 Å². The Hall–Kier alpha value is -4.68. The van der Waals surface area contributed by atoms with E-state index in [0.29, 0.717) is 23.9 Å². The lowest BCUT2D eigenvalue weighted by atomic mass is 10.0. The minimum absolute atomic E-state index is 0.0331.